The number of nitrogens with one attached hydrogen (secondary N) is 2. The van der Waals surface area contributed by atoms with Crippen LogP contribution in [0.1, 0.15) is 71.8 Å². The number of ketones is 1. The van der Waals surface area contributed by atoms with E-state index in [-0.39, 0.29) is 24.0 Å². The number of hydrogen-bond donors (Lipinski definition) is 3. The summed E-state index contributed by atoms with van der Waals surface area (Å²) in [6, 6.07) is 6.64. The molecular weight excluding hydrogens is 635 g/mol. The Hall–Kier alpha value is -4.20. The smallest absolute Gasteiger partial charge is 0.352 e. The highest BCUT2D eigenvalue weighted by atomic mass is 35.5. The Bertz CT molecular complexity index is 1860. The Labute approximate surface area is 284 Å². The predicted molar refractivity (Wildman–Crippen MR) is 186 cm³/mol. The van der Waals surface area contributed by atoms with E-state index >= 15 is 4.39 Å². The molecule has 5 rings (SSSR count). The Morgan fingerprint density at radius 3 is 2.54 bits per heavy atom. The van der Waals surface area contributed by atoms with Gasteiger partial charge >= 0.3 is 5.97 Å². The number of ether oxygens (including phenoxy) is 3. The number of benzene rings is 2. The first-order valence-electron chi connectivity index (χ1n) is 16.2. The molecule has 10 heteroatoms. The number of carbonyl (C=O) groups excluding carboxylic acids is 1. The van der Waals surface area contributed by atoms with E-state index in [9.17, 15) is 14.7 Å². The van der Waals surface area contributed by atoms with Crippen LogP contribution in [0.5, 0.6) is 0 Å². The van der Waals surface area contributed by atoms with Gasteiger partial charge in [0.15, 0.2) is 0 Å². The van der Waals surface area contributed by atoms with Crippen molar-refractivity contribution in [3.63, 3.8) is 0 Å². The molecular formula is C38H40ClFN2O6. The number of aromatic carboxylic acids is 1. The van der Waals surface area contributed by atoms with E-state index in [0.717, 1.165) is 34.1 Å². The van der Waals surface area contributed by atoms with Crippen molar-refractivity contribution < 1.29 is 33.3 Å². The van der Waals surface area contributed by atoms with Crippen molar-refractivity contribution >= 4 is 40.3 Å². The lowest BCUT2D eigenvalue weighted by Crippen LogP contribution is -2.11. The van der Waals surface area contributed by atoms with E-state index in [1.807, 2.05) is 38.3 Å². The van der Waals surface area contributed by atoms with Crippen LogP contribution in [0.15, 0.2) is 36.5 Å². The molecule has 1 aliphatic carbocycles. The molecule has 252 valence electrons. The number of allylic oxidation sites excluding steroid dienone is 1. The number of aromatic nitrogens is 2. The van der Waals surface area contributed by atoms with Crippen LogP contribution in [0.2, 0.25) is 5.02 Å². The monoisotopic (exact) mass is 674 g/mol. The van der Waals surface area contributed by atoms with Crippen molar-refractivity contribution in [3.8, 4) is 34.7 Å². The molecule has 1 aliphatic rings. The lowest BCUT2D eigenvalue weighted by atomic mass is 9.87. The average Bonchev–Trinajstić information content (AvgIpc) is 3.79. The molecule has 0 unspecified atom stereocenters. The molecule has 4 aromatic rings. The minimum atomic E-state index is -1.13. The van der Waals surface area contributed by atoms with Crippen LogP contribution in [0.25, 0.3) is 39.4 Å². The summed E-state index contributed by atoms with van der Waals surface area (Å²) in [4.78, 5) is 31.7. The van der Waals surface area contributed by atoms with Crippen molar-refractivity contribution in [2.75, 3.05) is 39.6 Å². The van der Waals surface area contributed by atoms with Crippen molar-refractivity contribution in [2.24, 2.45) is 0 Å². The molecule has 0 saturated heterocycles. The fourth-order valence-corrected chi connectivity index (χ4v) is 6.60. The summed E-state index contributed by atoms with van der Waals surface area (Å²) in [5, 5.41) is 11.6. The van der Waals surface area contributed by atoms with Gasteiger partial charge in [-0.25, -0.2) is 9.18 Å². The number of halogens is 2. The maximum absolute atomic E-state index is 15.1. The molecule has 8 nitrogen and oxygen atoms in total. The number of terminal acetylenes is 1. The number of aryl methyl sites for hydroxylation is 1. The van der Waals surface area contributed by atoms with E-state index in [4.69, 9.17) is 32.2 Å². The summed E-state index contributed by atoms with van der Waals surface area (Å²) in [5.41, 5.74) is 6.50. The Kier molecular flexibility index (Phi) is 11.9. The molecule has 2 heterocycles. The number of aromatic amines is 2. The van der Waals surface area contributed by atoms with Crippen LogP contribution < -0.4 is 0 Å². The van der Waals surface area contributed by atoms with E-state index in [1.54, 1.807) is 6.07 Å². The largest absolute Gasteiger partial charge is 0.477 e. The molecule has 3 N–H and O–H groups in total. The van der Waals surface area contributed by atoms with Crippen LogP contribution >= 0.6 is 11.6 Å². The zero-order valence-corrected chi connectivity index (χ0v) is 28.0. The van der Waals surface area contributed by atoms with Crippen molar-refractivity contribution in [1.82, 2.24) is 9.97 Å². The van der Waals surface area contributed by atoms with Gasteiger partial charge in [0, 0.05) is 51.7 Å². The van der Waals surface area contributed by atoms with Gasteiger partial charge in [-0.05, 0) is 65.6 Å². The van der Waals surface area contributed by atoms with Crippen molar-refractivity contribution in [1.29, 1.82) is 0 Å². The highest BCUT2D eigenvalue weighted by molar-refractivity contribution is 6.34. The van der Waals surface area contributed by atoms with E-state index in [1.165, 1.54) is 12.1 Å². The van der Waals surface area contributed by atoms with Gasteiger partial charge in [-0.1, -0.05) is 49.6 Å². The van der Waals surface area contributed by atoms with Crippen molar-refractivity contribution in [2.45, 2.75) is 51.9 Å². The third kappa shape index (κ3) is 7.91. The van der Waals surface area contributed by atoms with E-state index in [2.05, 4.69) is 15.9 Å². The van der Waals surface area contributed by atoms with Crippen LogP contribution in [-0.2, 0) is 31.8 Å². The molecule has 0 atom stereocenters. The first-order valence-corrected chi connectivity index (χ1v) is 16.5. The zero-order valence-electron chi connectivity index (χ0n) is 27.2. The van der Waals surface area contributed by atoms with Gasteiger partial charge in [-0.15, -0.1) is 6.42 Å². The number of fused-ring (bicyclic) bond motifs is 2. The van der Waals surface area contributed by atoms with Crippen molar-refractivity contribution in [3.05, 3.63) is 75.3 Å². The maximum atomic E-state index is 15.1. The van der Waals surface area contributed by atoms with Gasteiger partial charge in [0.25, 0.3) is 0 Å². The number of carbonyl (C=O) groups is 2. The highest BCUT2D eigenvalue weighted by Crippen LogP contribution is 2.47. The van der Waals surface area contributed by atoms with Gasteiger partial charge in [0.1, 0.15) is 23.9 Å². The Morgan fingerprint density at radius 1 is 1.06 bits per heavy atom. The first-order chi connectivity index (χ1) is 23.2. The number of carboxylic acid groups (broad SMARTS) is 1. The quantitative estimate of drug-likeness (QED) is 0.0729. The second-order valence-electron chi connectivity index (χ2n) is 12.0. The topological polar surface area (TPSA) is 114 Å². The van der Waals surface area contributed by atoms with Gasteiger partial charge < -0.3 is 29.3 Å². The fraction of sp³-hybridized carbons (Fsp3) is 0.368. The molecule has 2 aromatic carbocycles. The lowest BCUT2D eigenvalue weighted by Gasteiger charge is -2.16. The average molecular weight is 675 g/mol. The summed E-state index contributed by atoms with van der Waals surface area (Å²) < 4.78 is 31.2. The number of hydrogen-bond acceptors (Lipinski definition) is 5. The SMILES string of the molecule is C#CCOCCOCCOCCC(=O)CCCc1c[nH]c2cc(F)cc(-c3[nH]c(C(=O)O)c(-c4c(Cl)ccc5c4C=CC5)c3C(C)C)c12. The van der Waals surface area contributed by atoms with Gasteiger partial charge in [0.05, 0.1) is 38.7 Å². The molecule has 0 spiro atoms. The number of Topliss-reactive ketones (excluding diaryl/α,β-unsaturated/α-hetero) is 1. The zero-order chi connectivity index (χ0) is 34.2. The summed E-state index contributed by atoms with van der Waals surface area (Å²) in [6.07, 6.45) is 13.5. The first kappa shape index (κ1) is 35.1. The summed E-state index contributed by atoms with van der Waals surface area (Å²) >= 11 is 6.79. The molecule has 0 radical (unpaired) electrons. The second-order valence-corrected chi connectivity index (χ2v) is 12.4. The van der Waals surface area contributed by atoms with E-state index in [0.29, 0.717) is 91.6 Å². The van der Waals surface area contributed by atoms with Gasteiger partial charge in [0.2, 0.25) is 0 Å². The molecule has 0 saturated carbocycles. The van der Waals surface area contributed by atoms with Crippen LogP contribution in [0.4, 0.5) is 4.39 Å². The predicted octanol–water partition coefficient (Wildman–Crippen LogP) is 7.98. The molecule has 0 bridgehead atoms. The van der Waals surface area contributed by atoms with Gasteiger partial charge in [-0.3, -0.25) is 4.79 Å². The number of rotatable bonds is 18. The van der Waals surface area contributed by atoms with Crippen LogP contribution in [-0.4, -0.2) is 66.5 Å². The molecule has 0 aliphatic heterocycles. The standard InChI is InChI=1S/C38H40ClFN2O6/c1-4-14-46-16-18-48-19-17-47-15-13-27(43)9-5-8-25-22-41-31-21-26(40)20-29(33(25)31)36-32(23(2)3)35(37(42-36)38(44)45)34-28-10-6-7-24(28)11-12-30(34)39/h1,6,10-12,20-23,41-42H,5,7-9,13-19H2,2-3H3,(H,44,45). The molecule has 0 fully saturated rings. The summed E-state index contributed by atoms with van der Waals surface area (Å²) in [5.74, 6) is 0.772. The molecule has 48 heavy (non-hydrogen) atoms. The summed E-state index contributed by atoms with van der Waals surface area (Å²) in [6.45, 7) is 6.19. The summed E-state index contributed by atoms with van der Waals surface area (Å²) in [7, 11) is 0. The lowest BCUT2D eigenvalue weighted by molar-refractivity contribution is -0.120. The highest BCUT2D eigenvalue weighted by Gasteiger charge is 2.30. The normalized spacial score (nSPS) is 12.2. The fourth-order valence-electron chi connectivity index (χ4n) is 6.34. The van der Waals surface area contributed by atoms with Crippen LogP contribution in [0.3, 0.4) is 0 Å². The third-order valence-corrected chi connectivity index (χ3v) is 8.75. The molecule has 2 aromatic heterocycles. The maximum Gasteiger partial charge on any atom is 0.352 e. The van der Waals surface area contributed by atoms with Gasteiger partial charge in [-0.2, -0.15) is 0 Å². The minimum Gasteiger partial charge on any atom is -0.477 e. The Morgan fingerprint density at radius 2 is 1.81 bits per heavy atom. The van der Waals surface area contributed by atoms with Crippen LogP contribution in [0, 0.1) is 18.2 Å². The minimum absolute atomic E-state index is 0.00672. The number of carboxylic acids is 1. The number of H-pyrrole nitrogens is 2. The second kappa shape index (κ2) is 16.3. The van der Waals surface area contributed by atoms with E-state index < -0.39 is 11.8 Å². The Balaban J connectivity index is 1.34. The molecule has 0 amide bonds. The third-order valence-electron chi connectivity index (χ3n) is 8.44.